The molecule has 1 atom stereocenters. The van der Waals surface area contributed by atoms with Crippen molar-refractivity contribution in [3.8, 4) is 5.75 Å². The number of imide groups is 1. The lowest BCUT2D eigenvalue weighted by atomic mass is 10.1. The van der Waals surface area contributed by atoms with Crippen LogP contribution in [-0.2, 0) is 16.0 Å². The van der Waals surface area contributed by atoms with E-state index in [0.29, 0.717) is 18.8 Å². The van der Waals surface area contributed by atoms with E-state index in [2.05, 4.69) is 35.4 Å². The van der Waals surface area contributed by atoms with Gasteiger partial charge in [-0.3, -0.25) is 9.59 Å². The summed E-state index contributed by atoms with van der Waals surface area (Å²) in [5, 5.41) is 4.47. The SMILES string of the molecule is CCOc1ccc(N2C(=O)C[C@H](NCCc3c[nH]c4ccc(C)cc34)C2=O)cc1. The molecule has 1 fully saturated rings. The zero-order valence-corrected chi connectivity index (χ0v) is 16.7. The highest BCUT2D eigenvalue weighted by molar-refractivity contribution is 6.22. The van der Waals surface area contributed by atoms with E-state index < -0.39 is 6.04 Å². The predicted molar refractivity (Wildman–Crippen MR) is 113 cm³/mol. The molecular weight excluding hydrogens is 366 g/mol. The molecule has 2 heterocycles. The van der Waals surface area contributed by atoms with Gasteiger partial charge in [-0.25, -0.2) is 4.90 Å². The monoisotopic (exact) mass is 391 g/mol. The van der Waals surface area contributed by atoms with Gasteiger partial charge < -0.3 is 15.0 Å². The summed E-state index contributed by atoms with van der Waals surface area (Å²) < 4.78 is 5.42. The van der Waals surface area contributed by atoms with Gasteiger partial charge in [0.15, 0.2) is 0 Å². The summed E-state index contributed by atoms with van der Waals surface area (Å²) in [6.45, 7) is 5.19. The second-order valence-corrected chi connectivity index (χ2v) is 7.32. The molecule has 2 amide bonds. The molecule has 2 N–H and O–H groups in total. The topological polar surface area (TPSA) is 74.4 Å². The van der Waals surface area contributed by atoms with Crippen molar-refractivity contribution in [1.82, 2.24) is 10.3 Å². The average molecular weight is 391 g/mol. The smallest absolute Gasteiger partial charge is 0.251 e. The molecule has 6 heteroatoms. The maximum absolute atomic E-state index is 12.8. The zero-order valence-electron chi connectivity index (χ0n) is 16.7. The van der Waals surface area contributed by atoms with Crippen LogP contribution in [0.15, 0.2) is 48.7 Å². The van der Waals surface area contributed by atoms with Crippen LogP contribution in [0.4, 0.5) is 5.69 Å². The third-order valence-corrected chi connectivity index (χ3v) is 5.26. The van der Waals surface area contributed by atoms with Gasteiger partial charge in [0.05, 0.1) is 24.8 Å². The fourth-order valence-electron chi connectivity index (χ4n) is 3.80. The number of H-pyrrole nitrogens is 1. The molecule has 150 valence electrons. The Hall–Kier alpha value is -3.12. The van der Waals surface area contributed by atoms with E-state index in [1.807, 2.05) is 13.1 Å². The number of rotatable bonds is 7. The molecule has 1 aliphatic heterocycles. The minimum atomic E-state index is -0.485. The first-order chi connectivity index (χ1) is 14.1. The molecule has 0 bridgehead atoms. The van der Waals surface area contributed by atoms with Gasteiger partial charge >= 0.3 is 0 Å². The van der Waals surface area contributed by atoms with Crippen molar-refractivity contribution in [2.75, 3.05) is 18.1 Å². The lowest BCUT2D eigenvalue weighted by Crippen LogP contribution is -2.39. The number of fused-ring (bicyclic) bond motifs is 1. The normalized spacial score (nSPS) is 16.8. The van der Waals surface area contributed by atoms with Crippen LogP contribution in [0, 0.1) is 6.92 Å². The Morgan fingerprint density at radius 3 is 2.72 bits per heavy atom. The van der Waals surface area contributed by atoms with E-state index in [1.54, 1.807) is 24.3 Å². The molecule has 1 aromatic heterocycles. The van der Waals surface area contributed by atoms with Crippen molar-refractivity contribution in [2.45, 2.75) is 32.7 Å². The Morgan fingerprint density at radius 2 is 1.97 bits per heavy atom. The molecule has 0 saturated carbocycles. The summed E-state index contributed by atoms with van der Waals surface area (Å²) in [5.41, 5.74) is 4.12. The lowest BCUT2D eigenvalue weighted by molar-refractivity contribution is -0.121. The molecule has 29 heavy (non-hydrogen) atoms. The number of amides is 2. The number of ether oxygens (including phenoxy) is 1. The standard InChI is InChI=1S/C23H25N3O3/c1-3-29-18-7-5-17(6-8-18)26-22(27)13-21(23(26)28)24-11-10-16-14-25-20-9-4-15(2)12-19(16)20/h4-9,12,14,21,24-25H,3,10-11,13H2,1-2H3/t21-/m0/s1. The largest absolute Gasteiger partial charge is 0.494 e. The third kappa shape index (κ3) is 3.89. The number of hydrogen-bond acceptors (Lipinski definition) is 4. The average Bonchev–Trinajstić information content (AvgIpc) is 3.23. The van der Waals surface area contributed by atoms with Crippen molar-refractivity contribution < 1.29 is 14.3 Å². The summed E-state index contributed by atoms with van der Waals surface area (Å²) in [5.74, 6) is 0.340. The molecular formula is C23H25N3O3. The first kappa shape index (κ1) is 19.2. The van der Waals surface area contributed by atoms with Crippen molar-refractivity contribution in [3.05, 3.63) is 59.8 Å². The summed E-state index contributed by atoms with van der Waals surface area (Å²) in [4.78, 5) is 29.8. The number of carbonyl (C=O) groups is 2. The van der Waals surface area contributed by atoms with Crippen LogP contribution in [0.1, 0.15) is 24.5 Å². The third-order valence-electron chi connectivity index (χ3n) is 5.26. The quantitative estimate of drug-likeness (QED) is 0.606. The van der Waals surface area contributed by atoms with Gasteiger partial charge in [0.1, 0.15) is 5.75 Å². The fourth-order valence-corrected chi connectivity index (χ4v) is 3.80. The first-order valence-corrected chi connectivity index (χ1v) is 9.96. The van der Waals surface area contributed by atoms with Crippen molar-refractivity contribution in [3.63, 3.8) is 0 Å². The van der Waals surface area contributed by atoms with Gasteiger partial charge in [0, 0.05) is 23.6 Å². The van der Waals surface area contributed by atoms with Crippen molar-refractivity contribution in [2.24, 2.45) is 0 Å². The molecule has 0 aliphatic carbocycles. The van der Waals surface area contributed by atoms with Gasteiger partial charge in [-0.05, 0) is 62.2 Å². The molecule has 1 saturated heterocycles. The van der Waals surface area contributed by atoms with E-state index in [9.17, 15) is 9.59 Å². The number of nitrogens with zero attached hydrogens (tertiary/aromatic N) is 1. The van der Waals surface area contributed by atoms with E-state index in [1.165, 1.54) is 21.4 Å². The van der Waals surface area contributed by atoms with E-state index in [0.717, 1.165) is 17.7 Å². The zero-order chi connectivity index (χ0) is 20.4. The second kappa shape index (κ2) is 8.09. The van der Waals surface area contributed by atoms with E-state index >= 15 is 0 Å². The number of carbonyl (C=O) groups excluding carboxylic acids is 2. The molecule has 0 unspecified atom stereocenters. The molecule has 2 aromatic carbocycles. The summed E-state index contributed by atoms with van der Waals surface area (Å²) in [6, 6.07) is 12.9. The number of aryl methyl sites for hydroxylation is 1. The Kier molecular flexibility index (Phi) is 5.36. The molecule has 3 aromatic rings. The fraction of sp³-hybridized carbons (Fsp3) is 0.304. The van der Waals surface area contributed by atoms with Crippen LogP contribution >= 0.6 is 0 Å². The Balaban J connectivity index is 1.39. The molecule has 0 radical (unpaired) electrons. The lowest BCUT2D eigenvalue weighted by Gasteiger charge is -2.16. The number of benzene rings is 2. The molecule has 0 spiro atoms. The van der Waals surface area contributed by atoms with Gasteiger partial charge in [0.2, 0.25) is 5.91 Å². The van der Waals surface area contributed by atoms with Gasteiger partial charge in [-0.2, -0.15) is 0 Å². The van der Waals surface area contributed by atoms with Crippen LogP contribution in [-0.4, -0.2) is 36.0 Å². The molecule has 1 aliphatic rings. The van der Waals surface area contributed by atoms with E-state index in [4.69, 9.17) is 4.74 Å². The highest BCUT2D eigenvalue weighted by atomic mass is 16.5. The number of hydrogen-bond donors (Lipinski definition) is 2. The Morgan fingerprint density at radius 1 is 1.17 bits per heavy atom. The maximum Gasteiger partial charge on any atom is 0.251 e. The highest BCUT2D eigenvalue weighted by Crippen LogP contribution is 2.25. The predicted octanol–water partition coefficient (Wildman–Crippen LogP) is 3.34. The van der Waals surface area contributed by atoms with Crippen LogP contribution in [0.25, 0.3) is 10.9 Å². The van der Waals surface area contributed by atoms with Crippen molar-refractivity contribution >= 4 is 28.4 Å². The number of aromatic nitrogens is 1. The second-order valence-electron chi connectivity index (χ2n) is 7.32. The summed E-state index contributed by atoms with van der Waals surface area (Å²) in [7, 11) is 0. The number of anilines is 1. The van der Waals surface area contributed by atoms with Gasteiger partial charge in [-0.1, -0.05) is 11.6 Å². The minimum Gasteiger partial charge on any atom is -0.494 e. The Labute approximate surface area is 169 Å². The van der Waals surface area contributed by atoms with Crippen LogP contribution in [0.3, 0.4) is 0 Å². The van der Waals surface area contributed by atoms with Crippen molar-refractivity contribution in [1.29, 1.82) is 0 Å². The van der Waals surface area contributed by atoms with Crippen LogP contribution in [0.5, 0.6) is 5.75 Å². The molecule has 6 nitrogen and oxygen atoms in total. The van der Waals surface area contributed by atoms with E-state index in [-0.39, 0.29) is 18.2 Å². The van der Waals surface area contributed by atoms with Gasteiger partial charge in [0.25, 0.3) is 5.91 Å². The maximum atomic E-state index is 12.8. The summed E-state index contributed by atoms with van der Waals surface area (Å²) in [6.07, 6.45) is 2.98. The molecule has 4 rings (SSSR count). The minimum absolute atomic E-state index is 0.180. The van der Waals surface area contributed by atoms with Crippen LogP contribution < -0.4 is 15.0 Å². The van der Waals surface area contributed by atoms with Crippen LogP contribution in [0.2, 0.25) is 0 Å². The summed E-state index contributed by atoms with van der Waals surface area (Å²) >= 11 is 0. The number of aromatic amines is 1. The highest BCUT2D eigenvalue weighted by Gasteiger charge is 2.39. The number of nitrogens with one attached hydrogen (secondary N) is 2. The first-order valence-electron chi connectivity index (χ1n) is 9.96. The van der Waals surface area contributed by atoms with Gasteiger partial charge in [-0.15, -0.1) is 0 Å². The Bertz CT molecular complexity index is 1040.